The largest absolute Gasteiger partial charge is 0.407 e. The Hall–Kier alpha value is -0.980. The molecule has 96 valence electrons. The van der Waals surface area contributed by atoms with Crippen LogP contribution in [0.15, 0.2) is 24.3 Å². The second-order valence-electron chi connectivity index (χ2n) is 4.85. The molecule has 0 radical (unpaired) electrons. The summed E-state index contributed by atoms with van der Waals surface area (Å²) in [6, 6.07) is 7.44. The van der Waals surface area contributed by atoms with Crippen LogP contribution < -0.4 is 5.32 Å². The van der Waals surface area contributed by atoms with E-state index in [4.69, 9.17) is 28.6 Å². The van der Waals surface area contributed by atoms with Gasteiger partial charge in [-0.3, -0.25) is 0 Å². The van der Waals surface area contributed by atoms with Crippen molar-refractivity contribution < 1.29 is 0 Å². The van der Waals surface area contributed by atoms with E-state index < -0.39 is 0 Å². The maximum atomic E-state index is 8.93. The average molecular weight is 285 g/mol. The van der Waals surface area contributed by atoms with Gasteiger partial charge in [-0.1, -0.05) is 19.1 Å². The molecule has 1 aliphatic rings. The predicted molar refractivity (Wildman–Crippen MR) is 76.3 cm³/mol. The molecule has 0 aromatic heterocycles. The average Bonchev–Trinajstić information content (AvgIpc) is 2.36. The molecule has 2 rings (SSSR count). The molecule has 1 fully saturated rings. The molecular formula is C13H16Cl2N3+. The minimum absolute atomic E-state index is 0.0433. The maximum absolute atomic E-state index is 8.93. The highest BCUT2D eigenvalue weighted by molar-refractivity contribution is 6.23. The van der Waals surface area contributed by atoms with E-state index in [0.29, 0.717) is 11.6 Å². The minimum Gasteiger partial charge on any atom is -0.374 e. The molecule has 1 aromatic carbocycles. The molecule has 3 nitrogen and oxygen atoms in total. The van der Waals surface area contributed by atoms with Gasteiger partial charge in [0.2, 0.25) is 5.39 Å². The molecule has 18 heavy (non-hydrogen) atoms. The number of para-hydroxylation sites is 1. The van der Waals surface area contributed by atoms with Gasteiger partial charge in [0.25, 0.3) is 0 Å². The Bertz CT molecular complexity index is 458. The van der Waals surface area contributed by atoms with Gasteiger partial charge in [-0.15, -0.1) is 23.2 Å². The van der Waals surface area contributed by atoms with E-state index in [1.807, 2.05) is 18.2 Å². The molecule has 0 amide bonds. The molecule has 5 heteroatoms. The maximum Gasteiger partial charge on any atom is 0.407 e. The standard InChI is InChI=1S/C13H16Cl2N3/c1-8-6-10(15)13(7-9(8)14)17-11-4-2-3-5-12(11)18-16/h2-5,8-10,13,17H,6-7H2,1H3/q+1. The minimum atomic E-state index is 0.0433. The summed E-state index contributed by atoms with van der Waals surface area (Å²) in [5, 5.41) is 12.4. The SMILES string of the molecule is CC1CC(Cl)C(Nc2ccccc2[N+]#N)CC1Cl. The summed E-state index contributed by atoms with van der Waals surface area (Å²) >= 11 is 12.7. The summed E-state index contributed by atoms with van der Waals surface area (Å²) < 4.78 is 0. The lowest BCUT2D eigenvalue weighted by Crippen LogP contribution is -2.40. The lowest BCUT2D eigenvalue weighted by Gasteiger charge is -2.35. The number of hydrogen-bond donors (Lipinski definition) is 1. The van der Waals surface area contributed by atoms with Crippen molar-refractivity contribution in [2.45, 2.75) is 36.6 Å². The first-order chi connectivity index (χ1) is 8.61. The summed E-state index contributed by atoms with van der Waals surface area (Å²) in [5.41, 5.74) is 1.31. The number of nitrogens with one attached hydrogen (secondary N) is 1. The van der Waals surface area contributed by atoms with Gasteiger partial charge < -0.3 is 5.32 Å². The molecule has 0 saturated heterocycles. The number of anilines is 1. The molecule has 1 aliphatic carbocycles. The topological polar surface area (TPSA) is 40.2 Å². The Morgan fingerprint density at radius 1 is 1.22 bits per heavy atom. The van der Waals surface area contributed by atoms with Gasteiger partial charge in [0.15, 0.2) is 4.98 Å². The van der Waals surface area contributed by atoms with E-state index in [9.17, 15) is 0 Å². The van der Waals surface area contributed by atoms with Gasteiger partial charge in [-0.2, -0.15) is 0 Å². The van der Waals surface area contributed by atoms with E-state index >= 15 is 0 Å². The third-order valence-corrected chi connectivity index (χ3v) is 4.57. The first-order valence-electron chi connectivity index (χ1n) is 6.10. The first-order valence-corrected chi connectivity index (χ1v) is 6.98. The molecule has 1 N–H and O–H groups in total. The fourth-order valence-electron chi connectivity index (χ4n) is 2.32. The molecule has 0 aliphatic heterocycles. The third-order valence-electron chi connectivity index (χ3n) is 3.48. The van der Waals surface area contributed by atoms with Crippen LogP contribution >= 0.6 is 23.2 Å². The van der Waals surface area contributed by atoms with Crippen molar-refractivity contribution in [2.75, 3.05) is 5.32 Å². The zero-order valence-corrected chi connectivity index (χ0v) is 11.7. The van der Waals surface area contributed by atoms with Crippen LogP contribution in [-0.2, 0) is 0 Å². The van der Waals surface area contributed by atoms with Gasteiger partial charge in [0, 0.05) is 17.5 Å². The van der Waals surface area contributed by atoms with Gasteiger partial charge in [-0.25, -0.2) is 0 Å². The predicted octanol–water partition coefficient (Wildman–Crippen LogP) is 4.60. The molecule has 1 saturated carbocycles. The van der Waals surface area contributed by atoms with Crippen molar-refractivity contribution in [3.8, 4) is 0 Å². The Balaban J connectivity index is 2.12. The highest BCUT2D eigenvalue weighted by atomic mass is 35.5. The second kappa shape index (κ2) is 5.77. The number of rotatable bonds is 2. The molecule has 4 unspecified atom stereocenters. The highest BCUT2D eigenvalue weighted by Crippen LogP contribution is 2.35. The fourth-order valence-corrected chi connectivity index (χ4v) is 3.06. The van der Waals surface area contributed by atoms with E-state index in [1.54, 1.807) is 6.07 Å². The van der Waals surface area contributed by atoms with Crippen LogP contribution in [-0.4, -0.2) is 16.8 Å². The molecule has 0 spiro atoms. The van der Waals surface area contributed by atoms with E-state index in [2.05, 4.69) is 17.2 Å². The summed E-state index contributed by atoms with van der Waals surface area (Å²) in [6.45, 7) is 2.13. The summed E-state index contributed by atoms with van der Waals surface area (Å²) in [5.74, 6) is 0.435. The number of diazo groups is 1. The van der Waals surface area contributed by atoms with Crippen LogP contribution in [0.25, 0.3) is 4.98 Å². The number of hydrogen-bond acceptors (Lipinski definition) is 2. The van der Waals surface area contributed by atoms with Crippen LogP contribution in [0.5, 0.6) is 0 Å². The van der Waals surface area contributed by atoms with Gasteiger partial charge in [-0.05, 0) is 24.8 Å². The van der Waals surface area contributed by atoms with Gasteiger partial charge in [0.1, 0.15) is 5.69 Å². The van der Waals surface area contributed by atoms with Crippen molar-refractivity contribution in [1.82, 2.24) is 0 Å². The molecule has 1 aromatic rings. The van der Waals surface area contributed by atoms with E-state index in [-0.39, 0.29) is 16.8 Å². The zero-order valence-electron chi connectivity index (χ0n) is 10.2. The first kappa shape index (κ1) is 13.5. The summed E-state index contributed by atoms with van der Waals surface area (Å²) in [6.07, 6.45) is 1.71. The molecule has 0 heterocycles. The van der Waals surface area contributed by atoms with Gasteiger partial charge in [0.05, 0.1) is 5.38 Å². The highest BCUT2D eigenvalue weighted by Gasteiger charge is 2.33. The molecule has 0 bridgehead atoms. The van der Waals surface area contributed by atoms with E-state index in [1.165, 1.54) is 0 Å². The Kier molecular flexibility index (Phi) is 4.31. The van der Waals surface area contributed by atoms with Crippen molar-refractivity contribution >= 4 is 34.6 Å². The third kappa shape index (κ3) is 2.88. The lowest BCUT2D eigenvalue weighted by molar-refractivity contribution is 0.374. The lowest BCUT2D eigenvalue weighted by atomic mass is 9.86. The molecule has 4 atom stereocenters. The van der Waals surface area contributed by atoms with Crippen LogP contribution in [0.2, 0.25) is 0 Å². The van der Waals surface area contributed by atoms with Crippen LogP contribution in [0, 0.1) is 11.3 Å². The Labute approximate surface area is 117 Å². The normalized spacial score (nSPS) is 31.7. The summed E-state index contributed by atoms with van der Waals surface area (Å²) in [7, 11) is 0. The Morgan fingerprint density at radius 2 is 1.94 bits per heavy atom. The van der Waals surface area contributed by atoms with Crippen LogP contribution in [0.1, 0.15) is 19.8 Å². The van der Waals surface area contributed by atoms with Crippen LogP contribution in [0.3, 0.4) is 0 Å². The van der Waals surface area contributed by atoms with Crippen molar-refractivity contribution in [3.05, 3.63) is 29.2 Å². The zero-order chi connectivity index (χ0) is 13.1. The number of halogens is 2. The van der Waals surface area contributed by atoms with Crippen LogP contribution in [0.4, 0.5) is 11.4 Å². The fraction of sp³-hybridized carbons (Fsp3) is 0.538. The summed E-state index contributed by atoms with van der Waals surface area (Å²) in [4.78, 5) is 3.26. The smallest absolute Gasteiger partial charge is 0.374 e. The molecular weight excluding hydrogens is 269 g/mol. The number of benzene rings is 1. The monoisotopic (exact) mass is 284 g/mol. The van der Waals surface area contributed by atoms with Gasteiger partial charge >= 0.3 is 5.69 Å². The van der Waals surface area contributed by atoms with Crippen molar-refractivity contribution in [2.24, 2.45) is 5.92 Å². The second-order valence-corrected chi connectivity index (χ2v) is 5.97. The number of nitrogens with zero attached hydrogens (tertiary/aromatic N) is 2. The van der Waals surface area contributed by atoms with Crippen molar-refractivity contribution in [1.29, 1.82) is 5.39 Å². The van der Waals surface area contributed by atoms with Crippen molar-refractivity contribution in [3.63, 3.8) is 0 Å². The quantitative estimate of drug-likeness (QED) is 0.637. The number of alkyl halides is 2. The van der Waals surface area contributed by atoms with E-state index in [0.717, 1.165) is 18.5 Å². The Morgan fingerprint density at radius 3 is 2.67 bits per heavy atom.